The first-order valence-corrected chi connectivity index (χ1v) is 14.3. The van der Waals surface area contributed by atoms with Gasteiger partial charge in [-0.2, -0.15) is 0 Å². The Morgan fingerprint density at radius 2 is 1.57 bits per heavy atom. The summed E-state index contributed by atoms with van der Waals surface area (Å²) < 4.78 is 0. The summed E-state index contributed by atoms with van der Waals surface area (Å²) in [6.07, 6.45) is 4.89. The highest BCUT2D eigenvalue weighted by Gasteiger charge is 2.36. The predicted molar refractivity (Wildman–Crippen MR) is 158 cm³/mol. The average molecular weight is 607 g/mol. The lowest BCUT2D eigenvalue weighted by atomic mass is 9.98. The number of hydrogen-bond acceptors (Lipinski definition) is 6. The van der Waals surface area contributed by atoms with Gasteiger partial charge < -0.3 is 30.5 Å². The molecule has 40 heavy (non-hydrogen) atoms. The quantitative estimate of drug-likeness (QED) is 0.296. The van der Waals surface area contributed by atoms with Gasteiger partial charge >= 0.3 is 0 Å². The largest absolute Gasteiger partial charge is 0.505 e. The number of benzene rings is 1. The monoisotopic (exact) mass is 605 g/mol. The summed E-state index contributed by atoms with van der Waals surface area (Å²) in [6.45, 7) is 13.2. The number of piperidine rings is 1. The van der Waals surface area contributed by atoms with E-state index in [0.717, 1.165) is 19.8 Å². The van der Waals surface area contributed by atoms with E-state index in [-0.39, 0.29) is 33.2 Å². The summed E-state index contributed by atoms with van der Waals surface area (Å²) in [4.78, 5) is 60.0. The second-order valence-electron chi connectivity index (χ2n) is 8.81. The van der Waals surface area contributed by atoms with Crippen molar-refractivity contribution in [3.63, 3.8) is 0 Å². The number of rotatable bonds is 8. The summed E-state index contributed by atoms with van der Waals surface area (Å²) >= 11 is 11.8. The number of nitrogens with zero attached hydrogens (tertiary/aromatic N) is 1. The number of carbonyl (C=O) groups excluding carboxylic acids is 4. The van der Waals surface area contributed by atoms with Crippen LogP contribution in [0.4, 0.5) is 0 Å². The first-order chi connectivity index (χ1) is 18.8. The number of halogens is 2. The molecular weight excluding hydrogens is 561 g/mol. The maximum atomic E-state index is 13.3. The predicted octanol–water partition coefficient (Wildman–Crippen LogP) is 5.22. The van der Waals surface area contributed by atoms with Crippen molar-refractivity contribution in [2.75, 3.05) is 6.54 Å². The molecule has 12 heteroatoms. The van der Waals surface area contributed by atoms with Gasteiger partial charge in [-0.25, -0.2) is 0 Å². The van der Waals surface area contributed by atoms with E-state index in [9.17, 15) is 24.3 Å². The number of carboxylic acid groups (broad SMARTS) is 1. The minimum Gasteiger partial charge on any atom is -0.505 e. The Balaban J connectivity index is 0. The third-order valence-electron chi connectivity index (χ3n) is 5.12. The number of aliphatic carboxylic acids is 1. The highest BCUT2D eigenvalue weighted by molar-refractivity contribution is 6.37. The molecule has 1 aromatic rings. The van der Waals surface area contributed by atoms with Crippen molar-refractivity contribution in [3.05, 3.63) is 27.7 Å². The lowest BCUT2D eigenvalue weighted by molar-refractivity contribution is -0.144. The maximum absolute atomic E-state index is 13.3. The van der Waals surface area contributed by atoms with Gasteiger partial charge in [-0.3, -0.25) is 19.2 Å². The van der Waals surface area contributed by atoms with E-state index in [1.807, 2.05) is 20.8 Å². The number of phenols is 1. The fraction of sp³-hybridized carbons (Fsp3) is 0.607. The average Bonchev–Trinajstić information content (AvgIpc) is 2.91. The van der Waals surface area contributed by atoms with Gasteiger partial charge in [-0.15, -0.1) is 0 Å². The summed E-state index contributed by atoms with van der Waals surface area (Å²) in [7, 11) is 0. The Labute approximate surface area is 247 Å². The number of aromatic hydroxyl groups is 1. The van der Waals surface area contributed by atoms with Gasteiger partial charge in [0.25, 0.3) is 11.9 Å². The number of carbonyl (C=O) groups is 5. The molecule has 1 aliphatic heterocycles. The van der Waals surface area contributed by atoms with Crippen molar-refractivity contribution >= 4 is 53.2 Å². The van der Waals surface area contributed by atoms with E-state index in [0.29, 0.717) is 32.1 Å². The van der Waals surface area contributed by atoms with E-state index in [4.69, 9.17) is 33.1 Å². The van der Waals surface area contributed by atoms with Gasteiger partial charge in [-0.05, 0) is 44.7 Å². The molecule has 1 aliphatic rings. The molecule has 2 rings (SSSR count). The Morgan fingerprint density at radius 3 is 2.02 bits per heavy atom. The van der Waals surface area contributed by atoms with Crippen molar-refractivity contribution < 1.29 is 34.2 Å². The molecule has 0 radical (unpaired) electrons. The molecule has 1 aromatic carbocycles. The normalized spacial score (nSPS) is 15.2. The van der Waals surface area contributed by atoms with Crippen LogP contribution in [-0.4, -0.2) is 69.8 Å². The third kappa shape index (κ3) is 14.5. The van der Waals surface area contributed by atoms with Crippen LogP contribution in [0.25, 0.3) is 0 Å². The zero-order valence-corrected chi connectivity index (χ0v) is 26.1. The van der Waals surface area contributed by atoms with Gasteiger partial charge in [0.15, 0.2) is 5.75 Å². The van der Waals surface area contributed by atoms with Gasteiger partial charge in [0.05, 0.1) is 16.1 Å². The molecule has 1 heterocycles. The van der Waals surface area contributed by atoms with Crippen molar-refractivity contribution in [2.45, 2.75) is 105 Å². The number of amides is 3. The lowest BCUT2D eigenvalue weighted by Gasteiger charge is -2.37. The van der Waals surface area contributed by atoms with Gasteiger partial charge in [0.2, 0.25) is 11.8 Å². The molecule has 228 valence electrons. The van der Waals surface area contributed by atoms with E-state index in [1.54, 1.807) is 6.92 Å². The lowest BCUT2D eigenvalue weighted by Crippen LogP contribution is -2.58. The first-order valence-electron chi connectivity index (χ1n) is 13.6. The van der Waals surface area contributed by atoms with Crippen LogP contribution in [0.2, 0.25) is 10.0 Å². The molecule has 4 N–H and O–H groups in total. The summed E-state index contributed by atoms with van der Waals surface area (Å²) in [5.74, 6) is -2.47. The van der Waals surface area contributed by atoms with Crippen LogP contribution < -0.4 is 10.6 Å². The topological polar surface area (TPSA) is 153 Å². The van der Waals surface area contributed by atoms with Crippen LogP contribution in [0.5, 0.6) is 5.75 Å². The second-order valence-corrected chi connectivity index (χ2v) is 9.62. The van der Waals surface area contributed by atoms with Crippen molar-refractivity contribution in [1.29, 1.82) is 0 Å². The molecular formula is C28H45Cl2N3O7. The number of phenolic OH excluding ortho intramolecular Hbond substituents is 1. The molecule has 0 spiro atoms. The number of aldehydes is 1. The third-order valence-corrected chi connectivity index (χ3v) is 5.70. The Kier molecular flexibility index (Phi) is 21.5. The maximum Gasteiger partial charge on any atom is 0.300 e. The Morgan fingerprint density at radius 1 is 1.07 bits per heavy atom. The van der Waals surface area contributed by atoms with Gasteiger partial charge in [-0.1, -0.05) is 70.7 Å². The van der Waals surface area contributed by atoms with Crippen LogP contribution in [0.15, 0.2) is 12.1 Å². The van der Waals surface area contributed by atoms with E-state index >= 15 is 0 Å². The van der Waals surface area contributed by atoms with Crippen molar-refractivity contribution in [1.82, 2.24) is 15.5 Å². The van der Waals surface area contributed by atoms with E-state index in [2.05, 4.69) is 24.5 Å². The highest BCUT2D eigenvalue weighted by atomic mass is 35.5. The number of likely N-dealkylation sites (tertiary alicyclic amines) is 1. The second kappa shape index (κ2) is 21.9. The Hall–Kier alpha value is -2.85. The zero-order valence-electron chi connectivity index (χ0n) is 24.6. The first kappa shape index (κ1) is 39.3. The fourth-order valence-electron chi connectivity index (χ4n) is 3.51. The van der Waals surface area contributed by atoms with Crippen LogP contribution in [0.1, 0.15) is 97.3 Å². The van der Waals surface area contributed by atoms with E-state index in [1.165, 1.54) is 23.5 Å². The molecule has 1 fully saturated rings. The summed E-state index contributed by atoms with van der Waals surface area (Å²) in [5, 5.41) is 22.2. The zero-order chi connectivity index (χ0) is 31.4. The summed E-state index contributed by atoms with van der Waals surface area (Å²) in [6, 6.07) is 0.340. The van der Waals surface area contributed by atoms with Crippen LogP contribution in [-0.2, 0) is 19.2 Å². The SMILES string of the molecule is CC.CC(=O)O.CCC.CCCC(NC(=O)c1cc(Cl)c(O)c(Cl)c1)C(=O)N1CCCC[C@H]1C(=O)N[C@@H](C)C=O. The summed E-state index contributed by atoms with van der Waals surface area (Å²) in [5.41, 5.74) is 0.106. The molecule has 3 atom stereocenters. The molecule has 0 bridgehead atoms. The smallest absolute Gasteiger partial charge is 0.300 e. The van der Waals surface area contributed by atoms with Crippen LogP contribution in [0.3, 0.4) is 0 Å². The molecule has 0 aliphatic carbocycles. The van der Waals surface area contributed by atoms with Crippen molar-refractivity contribution in [2.24, 2.45) is 0 Å². The molecule has 0 saturated carbocycles. The van der Waals surface area contributed by atoms with Crippen LogP contribution in [0, 0.1) is 0 Å². The number of hydrogen-bond donors (Lipinski definition) is 4. The number of carboxylic acids is 1. The fourth-order valence-corrected chi connectivity index (χ4v) is 3.99. The minimum atomic E-state index is -0.847. The van der Waals surface area contributed by atoms with Crippen LogP contribution >= 0.6 is 23.2 Å². The molecule has 0 aromatic heterocycles. The molecule has 3 amide bonds. The van der Waals surface area contributed by atoms with E-state index < -0.39 is 30.0 Å². The molecule has 1 unspecified atom stereocenters. The number of nitrogens with one attached hydrogen (secondary N) is 2. The standard InChI is InChI=1S/C21H27Cl2N3O5.C3H8.C2H4O2.C2H6/c1-3-6-16(25-19(29)13-9-14(22)18(28)15(23)10-13)21(31)26-8-5-4-7-17(26)20(30)24-12(2)11-27;1-3-2;1-2(3)4;1-2/h9-12,16-17,28H,3-8H2,1-2H3,(H,24,30)(H,25,29);3H2,1-2H3;1H3,(H,3,4);1-2H3/t12-,16?,17-;;;/m0.../s1. The Bertz CT molecular complexity index is 933. The molecule has 10 nitrogen and oxygen atoms in total. The molecule has 1 saturated heterocycles. The minimum absolute atomic E-state index is 0.0759. The van der Waals surface area contributed by atoms with Crippen molar-refractivity contribution in [3.8, 4) is 5.75 Å². The van der Waals surface area contributed by atoms with Gasteiger partial charge in [0.1, 0.15) is 18.4 Å². The van der Waals surface area contributed by atoms with Gasteiger partial charge in [0, 0.05) is 19.0 Å². The highest BCUT2D eigenvalue weighted by Crippen LogP contribution is 2.32.